The number of amides is 1. The highest BCUT2D eigenvalue weighted by Crippen LogP contribution is 2.25. The molecule has 0 spiro atoms. The number of methoxy groups -OCH3 is 1. The summed E-state index contributed by atoms with van der Waals surface area (Å²) in [7, 11) is 1.66. The van der Waals surface area contributed by atoms with Crippen molar-refractivity contribution in [3.05, 3.63) is 42.0 Å². The first-order valence-electron chi connectivity index (χ1n) is 7.64. The van der Waals surface area contributed by atoms with Crippen LogP contribution >= 0.6 is 0 Å². The standard InChI is InChI=1S/C18H21NO3/c1-22-7-6-19-12-14(10-18(19)21)8-13-2-3-16-11-17(20)5-4-15(16)9-13/h2-5,9,11,14,20H,6-8,10,12H2,1H3/t14-/m0/s1. The van der Waals surface area contributed by atoms with Gasteiger partial charge in [0, 0.05) is 26.6 Å². The van der Waals surface area contributed by atoms with Gasteiger partial charge in [-0.2, -0.15) is 0 Å². The van der Waals surface area contributed by atoms with Gasteiger partial charge in [-0.15, -0.1) is 0 Å². The number of phenolic OH excluding ortho intramolecular Hbond substituents is 1. The maximum Gasteiger partial charge on any atom is 0.223 e. The zero-order valence-corrected chi connectivity index (χ0v) is 12.8. The normalized spacial score (nSPS) is 18.3. The van der Waals surface area contributed by atoms with Gasteiger partial charge in [0.15, 0.2) is 0 Å². The van der Waals surface area contributed by atoms with Crippen LogP contribution in [0.2, 0.25) is 0 Å². The van der Waals surface area contributed by atoms with Gasteiger partial charge < -0.3 is 14.7 Å². The predicted octanol–water partition coefficient (Wildman–Crippen LogP) is 2.58. The molecule has 1 saturated heterocycles. The fourth-order valence-corrected chi connectivity index (χ4v) is 3.15. The van der Waals surface area contributed by atoms with Gasteiger partial charge in [-0.1, -0.05) is 24.3 Å². The number of aromatic hydroxyl groups is 1. The monoisotopic (exact) mass is 299 g/mol. The van der Waals surface area contributed by atoms with Crippen molar-refractivity contribution < 1.29 is 14.6 Å². The SMILES string of the molecule is COCCN1C[C@@H](Cc2ccc3cc(O)ccc3c2)CC1=O. The van der Waals surface area contributed by atoms with Crippen molar-refractivity contribution in [3.63, 3.8) is 0 Å². The Morgan fingerprint density at radius 1 is 1.23 bits per heavy atom. The molecule has 0 aromatic heterocycles. The van der Waals surface area contributed by atoms with Gasteiger partial charge in [0.1, 0.15) is 5.75 Å². The van der Waals surface area contributed by atoms with Gasteiger partial charge in [0.2, 0.25) is 5.91 Å². The average Bonchev–Trinajstić information content (AvgIpc) is 2.85. The minimum atomic E-state index is 0.229. The van der Waals surface area contributed by atoms with Crippen LogP contribution in [0.4, 0.5) is 0 Å². The second-order valence-corrected chi connectivity index (χ2v) is 5.97. The van der Waals surface area contributed by atoms with E-state index in [1.807, 2.05) is 17.0 Å². The van der Waals surface area contributed by atoms with Crippen LogP contribution in [0.15, 0.2) is 36.4 Å². The van der Waals surface area contributed by atoms with Crippen molar-refractivity contribution in [2.75, 3.05) is 26.8 Å². The van der Waals surface area contributed by atoms with Crippen LogP contribution in [-0.4, -0.2) is 42.7 Å². The summed E-state index contributed by atoms with van der Waals surface area (Å²) in [5.41, 5.74) is 1.24. The summed E-state index contributed by atoms with van der Waals surface area (Å²) in [6.07, 6.45) is 1.53. The smallest absolute Gasteiger partial charge is 0.223 e. The van der Waals surface area contributed by atoms with Crippen molar-refractivity contribution in [2.24, 2.45) is 5.92 Å². The Bertz CT molecular complexity index is 683. The number of nitrogens with zero attached hydrogens (tertiary/aromatic N) is 1. The van der Waals surface area contributed by atoms with Gasteiger partial charge in [-0.25, -0.2) is 0 Å². The van der Waals surface area contributed by atoms with E-state index in [1.165, 1.54) is 5.56 Å². The van der Waals surface area contributed by atoms with E-state index in [0.29, 0.717) is 25.5 Å². The summed E-state index contributed by atoms with van der Waals surface area (Å²) in [4.78, 5) is 13.9. The highest BCUT2D eigenvalue weighted by atomic mass is 16.5. The molecule has 22 heavy (non-hydrogen) atoms. The Hall–Kier alpha value is -2.07. The van der Waals surface area contributed by atoms with Crippen molar-refractivity contribution in [3.8, 4) is 5.75 Å². The summed E-state index contributed by atoms with van der Waals surface area (Å²) in [6.45, 7) is 2.09. The molecule has 0 saturated carbocycles. The minimum Gasteiger partial charge on any atom is -0.508 e. The first-order chi connectivity index (χ1) is 10.7. The molecule has 2 aromatic rings. The van der Waals surface area contributed by atoms with E-state index in [0.717, 1.165) is 23.7 Å². The quantitative estimate of drug-likeness (QED) is 0.923. The molecular formula is C18H21NO3. The number of likely N-dealkylation sites (tertiary alicyclic amines) is 1. The van der Waals surface area contributed by atoms with Crippen LogP contribution < -0.4 is 0 Å². The van der Waals surface area contributed by atoms with Crippen molar-refractivity contribution in [1.29, 1.82) is 0 Å². The number of carbonyl (C=O) groups excluding carboxylic acids is 1. The molecule has 2 aromatic carbocycles. The van der Waals surface area contributed by atoms with Crippen LogP contribution in [0, 0.1) is 5.92 Å². The van der Waals surface area contributed by atoms with Crippen LogP contribution in [0.1, 0.15) is 12.0 Å². The molecule has 1 heterocycles. The van der Waals surface area contributed by atoms with E-state index in [1.54, 1.807) is 19.2 Å². The van der Waals surface area contributed by atoms with E-state index >= 15 is 0 Å². The van der Waals surface area contributed by atoms with E-state index in [4.69, 9.17) is 4.74 Å². The molecule has 4 heteroatoms. The Morgan fingerprint density at radius 3 is 2.82 bits per heavy atom. The molecule has 1 atom stereocenters. The summed E-state index contributed by atoms with van der Waals surface area (Å²) >= 11 is 0. The van der Waals surface area contributed by atoms with E-state index in [9.17, 15) is 9.90 Å². The largest absolute Gasteiger partial charge is 0.508 e. The van der Waals surface area contributed by atoms with E-state index in [-0.39, 0.29) is 11.7 Å². The molecule has 4 nitrogen and oxygen atoms in total. The summed E-state index contributed by atoms with van der Waals surface area (Å²) in [5, 5.41) is 11.7. The zero-order chi connectivity index (χ0) is 15.5. The number of hydrogen-bond acceptors (Lipinski definition) is 3. The van der Waals surface area contributed by atoms with E-state index in [2.05, 4.69) is 12.1 Å². The third-order valence-corrected chi connectivity index (χ3v) is 4.27. The number of rotatable bonds is 5. The summed E-state index contributed by atoms with van der Waals surface area (Å²) in [6, 6.07) is 11.7. The van der Waals surface area contributed by atoms with Crippen molar-refractivity contribution >= 4 is 16.7 Å². The van der Waals surface area contributed by atoms with Gasteiger partial charge >= 0.3 is 0 Å². The van der Waals surface area contributed by atoms with Crippen LogP contribution in [-0.2, 0) is 16.0 Å². The molecule has 1 N–H and O–H groups in total. The van der Waals surface area contributed by atoms with Gasteiger partial charge in [0.25, 0.3) is 0 Å². The molecule has 1 amide bonds. The maximum absolute atomic E-state index is 12.0. The molecule has 0 bridgehead atoms. The minimum absolute atomic E-state index is 0.229. The Labute approximate surface area is 130 Å². The number of phenols is 1. The highest BCUT2D eigenvalue weighted by molar-refractivity contribution is 5.84. The summed E-state index contributed by atoms with van der Waals surface area (Å²) in [5.74, 6) is 0.891. The van der Waals surface area contributed by atoms with Crippen molar-refractivity contribution in [1.82, 2.24) is 4.90 Å². The van der Waals surface area contributed by atoms with Gasteiger partial charge in [0.05, 0.1) is 6.61 Å². The van der Waals surface area contributed by atoms with Gasteiger partial charge in [-0.05, 0) is 40.8 Å². The number of hydrogen-bond donors (Lipinski definition) is 1. The highest BCUT2D eigenvalue weighted by Gasteiger charge is 2.29. The lowest BCUT2D eigenvalue weighted by Crippen LogP contribution is -2.28. The lowest BCUT2D eigenvalue weighted by molar-refractivity contribution is -0.128. The molecule has 0 unspecified atom stereocenters. The van der Waals surface area contributed by atoms with Gasteiger partial charge in [-0.3, -0.25) is 4.79 Å². The summed E-state index contributed by atoms with van der Waals surface area (Å²) < 4.78 is 5.05. The Balaban J connectivity index is 1.68. The second-order valence-electron chi connectivity index (χ2n) is 5.97. The third-order valence-electron chi connectivity index (χ3n) is 4.27. The lowest BCUT2D eigenvalue weighted by atomic mass is 9.96. The number of benzene rings is 2. The molecule has 116 valence electrons. The Kier molecular flexibility index (Phi) is 4.29. The fourth-order valence-electron chi connectivity index (χ4n) is 3.15. The molecule has 1 aliphatic heterocycles. The number of carbonyl (C=O) groups is 1. The molecule has 0 radical (unpaired) electrons. The molecule has 1 aliphatic rings. The number of ether oxygens (including phenoxy) is 1. The lowest BCUT2D eigenvalue weighted by Gasteiger charge is -2.16. The molecular weight excluding hydrogens is 278 g/mol. The molecule has 3 rings (SSSR count). The second kappa shape index (κ2) is 6.36. The predicted molar refractivity (Wildman–Crippen MR) is 85.9 cm³/mol. The Morgan fingerprint density at radius 2 is 2.00 bits per heavy atom. The van der Waals surface area contributed by atoms with E-state index < -0.39 is 0 Å². The zero-order valence-electron chi connectivity index (χ0n) is 12.8. The van der Waals surface area contributed by atoms with Crippen LogP contribution in [0.5, 0.6) is 5.75 Å². The molecule has 1 fully saturated rings. The first-order valence-corrected chi connectivity index (χ1v) is 7.64. The van der Waals surface area contributed by atoms with Crippen molar-refractivity contribution in [2.45, 2.75) is 12.8 Å². The maximum atomic E-state index is 12.0. The first kappa shape index (κ1) is 14.9. The number of fused-ring (bicyclic) bond motifs is 1. The third kappa shape index (κ3) is 3.22. The van der Waals surface area contributed by atoms with Crippen LogP contribution in [0.3, 0.4) is 0 Å². The fraction of sp³-hybridized carbons (Fsp3) is 0.389. The van der Waals surface area contributed by atoms with Crippen LogP contribution in [0.25, 0.3) is 10.8 Å². The average molecular weight is 299 g/mol. The topological polar surface area (TPSA) is 49.8 Å². The molecule has 0 aliphatic carbocycles.